The van der Waals surface area contributed by atoms with Crippen LogP contribution >= 0.6 is 35.3 Å². The van der Waals surface area contributed by atoms with Crippen molar-refractivity contribution in [3.05, 3.63) is 45.9 Å². The molecule has 1 saturated heterocycles. The Labute approximate surface area is 171 Å². The van der Waals surface area contributed by atoms with Gasteiger partial charge in [-0.3, -0.25) is 4.79 Å². The van der Waals surface area contributed by atoms with Gasteiger partial charge in [-0.1, -0.05) is 11.6 Å². The third-order valence-electron chi connectivity index (χ3n) is 4.67. The molecule has 2 atom stereocenters. The van der Waals surface area contributed by atoms with E-state index in [1.165, 1.54) is 11.3 Å². The first-order chi connectivity index (χ1) is 12.5. The highest BCUT2D eigenvalue weighted by Gasteiger charge is 2.25. The standard InChI is InChI=1S/C18H19ClN4O2S.ClH/c1-10-14-6-16(17(25)21-8-11-7-20-9-15(11)24)26-18(14)23(22-10)13-4-2-12(19)3-5-13;/h2-6,11,15,20,24H,7-9H2,1H3,(H,21,25);1H. The molecule has 3 N–H and O–H groups in total. The van der Waals surface area contributed by atoms with Crippen LogP contribution in [0.2, 0.25) is 5.02 Å². The molecule has 2 unspecified atom stereocenters. The number of amides is 1. The van der Waals surface area contributed by atoms with Gasteiger partial charge in [0.05, 0.1) is 22.4 Å². The van der Waals surface area contributed by atoms with Crippen molar-refractivity contribution in [3.63, 3.8) is 0 Å². The maximum Gasteiger partial charge on any atom is 0.261 e. The molecule has 0 aliphatic carbocycles. The molecular weight excluding hydrogens is 407 g/mol. The number of halogens is 2. The number of hydrogen-bond acceptors (Lipinski definition) is 5. The number of carbonyl (C=O) groups excluding carboxylic acids is 1. The van der Waals surface area contributed by atoms with Crippen molar-refractivity contribution in [2.75, 3.05) is 19.6 Å². The van der Waals surface area contributed by atoms with E-state index in [4.69, 9.17) is 11.6 Å². The fourth-order valence-electron chi connectivity index (χ4n) is 3.15. The van der Waals surface area contributed by atoms with Gasteiger partial charge >= 0.3 is 0 Å². The second kappa shape index (κ2) is 8.16. The molecule has 0 bridgehead atoms. The van der Waals surface area contributed by atoms with Gasteiger partial charge in [0, 0.05) is 36.0 Å². The van der Waals surface area contributed by atoms with Crippen LogP contribution in [-0.2, 0) is 0 Å². The Kier molecular flexibility index (Phi) is 6.08. The average molecular weight is 427 g/mol. The van der Waals surface area contributed by atoms with Gasteiger partial charge in [-0.15, -0.1) is 23.7 Å². The van der Waals surface area contributed by atoms with E-state index in [9.17, 15) is 9.90 Å². The molecular formula is C18H20Cl2N4O2S. The molecule has 144 valence electrons. The Morgan fingerprint density at radius 1 is 1.41 bits per heavy atom. The SMILES string of the molecule is Cc1nn(-c2ccc(Cl)cc2)c2sc(C(=O)NCC3CNCC3O)cc12.Cl. The number of aliphatic hydroxyl groups excluding tert-OH is 1. The number of thiophene rings is 1. The maximum absolute atomic E-state index is 12.5. The van der Waals surface area contributed by atoms with Crippen molar-refractivity contribution >= 4 is 51.5 Å². The first-order valence-corrected chi connectivity index (χ1v) is 9.64. The number of carbonyl (C=O) groups is 1. The summed E-state index contributed by atoms with van der Waals surface area (Å²) in [4.78, 5) is 14.1. The van der Waals surface area contributed by atoms with Crippen molar-refractivity contribution in [1.29, 1.82) is 0 Å². The van der Waals surface area contributed by atoms with Crippen molar-refractivity contribution in [3.8, 4) is 5.69 Å². The largest absolute Gasteiger partial charge is 0.391 e. The van der Waals surface area contributed by atoms with Crippen LogP contribution in [0.15, 0.2) is 30.3 Å². The number of nitrogens with zero attached hydrogens (tertiary/aromatic N) is 2. The smallest absolute Gasteiger partial charge is 0.261 e. The third kappa shape index (κ3) is 3.97. The van der Waals surface area contributed by atoms with Gasteiger partial charge in [-0.2, -0.15) is 5.10 Å². The number of fused-ring (bicyclic) bond motifs is 1. The molecule has 1 aliphatic rings. The van der Waals surface area contributed by atoms with Gasteiger partial charge in [0.15, 0.2) is 0 Å². The number of β-amino-alcohol motifs (C(OH)–C–C–N with tert-alkyl or cyclic N) is 1. The van der Waals surface area contributed by atoms with Crippen LogP contribution in [-0.4, -0.2) is 46.5 Å². The summed E-state index contributed by atoms with van der Waals surface area (Å²) >= 11 is 7.38. The Hall–Kier alpha value is -1.64. The number of aryl methyl sites for hydroxylation is 1. The second-order valence-corrected chi connectivity index (χ2v) is 7.97. The van der Waals surface area contributed by atoms with Gasteiger partial charge < -0.3 is 15.7 Å². The van der Waals surface area contributed by atoms with E-state index in [2.05, 4.69) is 15.7 Å². The lowest BCUT2D eigenvalue weighted by molar-refractivity contribution is 0.0931. The number of hydrogen-bond donors (Lipinski definition) is 3. The highest BCUT2D eigenvalue weighted by Crippen LogP contribution is 2.30. The second-order valence-electron chi connectivity index (χ2n) is 6.50. The van der Waals surface area contributed by atoms with E-state index in [1.54, 1.807) is 0 Å². The van der Waals surface area contributed by atoms with Gasteiger partial charge in [0.25, 0.3) is 5.91 Å². The predicted molar refractivity (Wildman–Crippen MR) is 111 cm³/mol. The van der Waals surface area contributed by atoms with Crippen molar-refractivity contribution < 1.29 is 9.90 Å². The van der Waals surface area contributed by atoms with Crippen LogP contribution in [0.5, 0.6) is 0 Å². The van der Waals surface area contributed by atoms with Crippen LogP contribution in [0.3, 0.4) is 0 Å². The van der Waals surface area contributed by atoms with Crippen molar-refractivity contribution in [2.45, 2.75) is 13.0 Å². The molecule has 4 rings (SSSR count). The maximum atomic E-state index is 12.5. The molecule has 6 nitrogen and oxygen atoms in total. The van der Waals surface area contributed by atoms with Gasteiger partial charge in [-0.05, 0) is 37.3 Å². The summed E-state index contributed by atoms with van der Waals surface area (Å²) in [6, 6.07) is 9.33. The zero-order valence-corrected chi connectivity index (χ0v) is 17.0. The Balaban J connectivity index is 0.00000210. The first kappa shape index (κ1) is 20.1. The van der Waals surface area contributed by atoms with Crippen LogP contribution in [0.25, 0.3) is 15.9 Å². The number of benzene rings is 1. The van der Waals surface area contributed by atoms with Crippen LogP contribution in [0, 0.1) is 12.8 Å². The summed E-state index contributed by atoms with van der Waals surface area (Å²) in [5, 5.41) is 22.1. The molecule has 1 fully saturated rings. The fraction of sp³-hybridized carbons (Fsp3) is 0.333. The molecule has 1 aliphatic heterocycles. The summed E-state index contributed by atoms with van der Waals surface area (Å²) in [5.74, 6) is -0.0630. The van der Waals surface area contributed by atoms with Crippen LogP contribution in [0.4, 0.5) is 0 Å². The third-order valence-corrected chi connectivity index (χ3v) is 6.03. The first-order valence-electron chi connectivity index (χ1n) is 8.45. The van der Waals surface area contributed by atoms with E-state index in [1.807, 2.05) is 41.9 Å². The Morgan fingerprint density at radius 2 is 2.15 bits per heavy atom. The Bertz CT molecular complexity index is 954. The van der Waals surface area contributed by atoms with Crippen molar-refractivity contribution in [1.82, 2.24) is 20.4 Å². The van der Waals surface area contributed by atoms with E-state index in [0.717, 1.165) is 28.1 Å². The minimum absolute atomic E-state index is 0. The lowest BCUT2D eigenvalue weighted by Gasteiger charge is -2.13. The minimum Gasteiger partial charge on any atom is -0.391 e. The normalized spacial score (nSPS) is 19.2. The number of aliphatic hydroxyl groups is 1. The number of nitrogens with one attached hydrogen (secondary N) is 2. The average Bonchev–Trinajstić information content (AvgIpc) is 3.31. The fourth-order valence-corrected chi connectivity index (χ4v) is 4.38. The van der Waals surface area contributed by atoms with Crippen molar-refractivity contribution in [2.24, 2.45) is 5.92 Å². The monoisotopic (exact) mass is 426 g/mol. The van der Waals surface area contributed by atoms with Crippen LogP contribution < -0.4 is 10.6 Å². The molecule has 0 radical (unpaired) electrons. The topological polar surface area (TPSA) is 79.2 Å². The lowest BCUT2D eigenvalue weighted by atomic mass is 10.1. The van der Waals surface area contributed by atoms with E-state index < -0.39 is 6.10 Å². The summed E-state index contributed by atoms with van der Waals surface area (Å²) in [6.07, 6.45) is -0.404. The molecule has 3 aromatic rings. The van der Waals surface area contributed by atoms with Crippen LogP contribution in [0.1, 0.15) is 15.4 Å². The molecule has 3 heterocycles. The summed E-state index contributed by atoms with van der Waals surface area (Å²) in [5.41, 5.74) is 1.78. The predicted octanol–water partition coefficient (Wildman–Crippen LogP) is 2.78. The lowest BCUT2D eigenvalue weighted by Crippen LogP contribution is -2.34. The number of rotatable bonds is 4. The van der Waals surface area contributed by atoms with Gasteiger partial charge in [0.1, 0.15) is 4.83 Å². The zero-order chi connectivity index (χ0) is 18.3. The van der Waals surface area contributed by atoms with Gasteiger partial charge in [0.2, 0.25) is 0 Å². The van der Waals surface area contributed by atoms with E-state index in [-0.39, 0.29) is 24.2 Å². The molecule has 1 amide bonds. The zero-order valence-electron chi connectivity index (χ0n) is 14.6. The summed E-state index contributed by atoms with van der Waals surface area (Å²) < 4.78 is 1.84. The van der Waals surface area contributed by atoms with E-state index >= 15 is 0 Å². The molecule has 27 heavy (non-hydrogen) atoms. The minimum atomic E-state index is -0.404. The molecule has 9 heteroatoms. The highest BCUT2D eigenvalue weighted by molar-refractivity contribution is 7.20. The summed E-state index contributed by atoms with van der Waals surface area (Å²) in [6.45, 7) is 3.70. The number of aromatic nitrogens is 2. The quantitative estimate of drug-likeness (QED) is 0.599. The molecule has 0 spiro atoms. The molecule has 2 aromatic heterocycles. The summed E-state index contributed by atoms with van der Waals surface area (Å²) in [7, 11) is 0. The Morgan fingerprint density at radius 3 is 2.81 bits per heavy atom. The van der Waals surface area contributed by atoms with E-state index in [0.29, 0.717) is 23.0 Å². The van der Waals surface area contributed by atoms with Gasteiger partial charge in [-0.25, -0.2) is 4.68 Å². The molecule has 0 saturated carbocycles. The highest BCUT2D eigenvalue weighted by atomic mass is 35.5. The molecule has 1 aromatic carbocycles.